The second-order valence-corrected chi connectivity index (χ2v) is 5.07. The predicted octanol–water partition coefficient (Wildman–Crippen LogP) is 0.657. The molecule has 0 aromatic heterocycles. The van der Waals surface area contributed by atoms with Crippen molar-refractivity contribution in [2.75, 3.05) is 19.8 Å². The van der Waals surface area contributed by atoms with Crippen LogP contribution in [0.5, 0.6) is 0 Å². The molecule has 0 aromatic carbocycles. The van der Waals surface area contributed by atoms with Crippen LogP contribution in [-0.4, -0.2) is 31.7 Å². The second kappa shape index (κ2) is 5.64. The Hall–Kier alpha value is -0.610. The van der Waals surface area contributed by atoms with Gasteiger partial charge in [0.15, 0.2) is 0 Å². The van der Waals surface area contributed by atoms with Gasteiger partial charge in [-0.1, -0.05) is 0 Å². The van der Waals surface area contributed by atoms with E-state index >= 15 is 0 Å². The topological polar surface area (TPSA) is 64.3 Å². The van der Waals surface area contributed by atoms with Crippen LogP contribution >= 0.6 is 0 Å². The summed E-state index contributed by atoms with van der Waals surface area (Å²) in [4.78, 5) is 11.4. The van der Waals surface area contributed by atoms with E-state index in [1.165, 1.54) is 25.7 Å². The van der Waals surface area contributed by atoms with Crippen LogP contribution in [0.3, 0.4) is 0 Å². The summed E-state index contributed by atoms with van der Waals surface area (Å²) < 4.78 is 5.40. The van der Waals surface area contributed by atoms with Gasteiger partial charge in [-0.3, -0.25) is 4.79 Å². The van der Waals surface area contributed by atoms with Gasteiger partial charge in [-0.15, -0.1) is 0 Å². The monoisotopic (exact) mass is 226 g/mol. The molecule has 0 aromatic rings. The summed E-state index contributed by atoms with van der Waals surface area (Å²) in [5.41, 5.74) is 5.88. The fourth-order valence-electron chi connectivity index (χ4n) is 1.71. The van der Waals surface area contributed by atoms with E-state index < -0.39 is 0 Å². The maximum atomic E-state index is 11.4. The molecule has 0 saturated heterocycles. The molecule has 2 aliphatic rings. The number of amides is 1. The molecule has 4 nitrogen and oxygen atoms in total. The summed E-state index contributed by atoms with van der Waals surface area (Å²) >= 11 is 0. The zero-order valence-electron chi connectivity index (χ0n) is 9.78. The summed E-state index contributed by atoms with van der Waals surface area (Å²) in [5.74, 6) is 1.48. The Morgan fingerprint density at radius 1 is 1.38 bits per heavy atom. The molecule has 0 radical (unpaired) electrons. The fraction of sp³-hybridized carbons (Fsp3) is 0.917. The summed E-state index contributed by atoms with van der Waals surface area (Å²) in [6.07, 6.45) is 5.50. The molecule has 0 spiro atoms. The van der Waals surface area contributed by atoms with E-state index in [0.29, 0.717) is 25.5 Å². The summed E-state index contributed by atoms with van der Waals surface area (Å²) in [7, 11) is 0. The first-order valence-corrected chi connectivity index (χ1v) is 6.35. The van der Waals surface area contributed by atoms with Crippen LogP contribution in [0.25, 0.3) is 0 Å². The second-order valence-electron chi connectivity index (χ2n) is 5.07. The smallest absolute Gasteiger partial charge is 0.222 e. The molecular formula is C12H22N2O2. The quantitative estimate of drug-likeness (QED) is 0.597. The standard InChI is InChI=1S/C12H22N2O2/c13-11(10-3-4-10)7-14-12(15)5-6-16-8-9-1-2-9/h9-11H,1-8,13H2,(H,14,15). The largest absolute Gasteiger partial charge is 0.381 e. The number of carbonyl (C=O) groups excluding carboxylic acids is 1. The van der Waals surface area contributed by atoms with Crippen molar-refractivity contribution in [2.45, 2.75) is 38.1 Å². The maximum Gasteiger partial charge on any atom is 0.222 e. The van der Waals surface area contributed by atoms with Gasteiger partial charge in [0, 0.05) is 25.6 Å². The van der Waals surface area contributed by atoms with E-state index in [1.807, 2.05) is 0 Å². The number of carbonyl (C=O) groups is 1. The predicted molar refractivity (Wildman–Crippen MR) is 61.9 cm³/mol. The molecule has 2 aliphatic carbocycles. The highest BCUT2D eigenvalue weighted by Gasteiger charge is 2.28. The molecule has 2 saturated carbocycles. The van der Waals surface area contributed by atoms with Gasteiger partial charge in [-0.2, -0.15) is 0 Å². The molecule has 2 fully saturated rings. The van der Waals surface area contributed by atoms with Crippen molar-refractivity contribution in [1.29, 1.82) is 0 Å². The molecule has 3 N–H and O–H groups in total. The Balaban J connectivity index is 1.43. The summed E-state index contributed by atoms with van der Waals surface area (Å²) in [6.45, 7) is 1.99. The SMILES string of the molecule is NC(CNC(=O)CCOCC1CC1)C1CC1. The molecule has 4 heteroatoms. The first-order chi connectivity index (χ1) is 7.75. The molecule has 2 rings (SSSR count). The van der Waals surface area contributed by atoms with Gasteiger partial charge in [0.2, 0.25) is 5.91 Å². The minimum atomic E-state index is 0.0619. The van der Waals surface area contributed by atoms with Gasteiger partial charge in [0.1, 0.15) is 0 Å². The minimum Gasteiger partial charge on any atom is -0.381 e. The van der Waals surface area contributed by atoms with E-state index in [1.54, 1.807) is 0 Å². The zero-order chi connectivity index (χ0) is 11.4. The van der Waals surface area contributed by atoms with Gasteiger partial charge in [-0.05, 0) is 37.5 Å². The molecule has 92 valence electrons. The van der Waals surface area contributed by atoms with Gasteiger partial charge >= 0.3 is 0 Å². The van der Waals surface area contributed by atoms with E-state index in [2.05, 4.69) is 5.32 Å². The van der Waals surface area contributed by atoms with Crippen molar-refractivity contribution >= 4 is 5.91 Å². The third-order valence-electron chi connectivity index (χ3n) is 3.29. The Bertz CT molecular complexity index is 237. The average Bonchev–Trinajstić information content (AvgIpc) is 3.14. The third kappa shape index (κ3) is 4.49. The number of hydrogen-bond acceptors (Lipinski definition) is 3. The Morgan fingerprint density at radius 2 is 2.12 bits per heavy atom. The number of nitrogens with one attached hydrogen (secondary N) is 1. The van der Waals surface area contributed by atoms with Crippen molar-refractivity contribution < 1.29 is 9.53 Å². The van der Waals surface area contributed by atoms with E-state index in [-0.39, 0.29) is 11.9 Å². The highest BCUT2D eigenvalue weighted by molar-refractivity contribution is 5.75. The van der Waals surface area contributed by atoms with Crippen LogP contribution in [0.4, 0.5) is 0 Å². The van der Waals surface area contributed by atoms with Crippen molar-refractivity contribution in [1.82, 2.24) is 5.32 Å². The van der Waals surface area contributed by atoms with Crippen LogP contribution in [-0.2, 0) is 9.53 Å². The lowest BCUT2D eigenvalue weighted by molar-refractivity contribution is -0.122. The molecular weight excluding hydrogens is 204 g/mol. The first kappa shape index (κ1) is 11.9. The van der Waals surface area contributed by atoms with Crippen molar-refractivity contribution in [3.63, 3.8) is 0 Å². The average molecular weight is 226 g/mol. The van der Waals surface area contributed by atoms with Crippen LogP contribution in [0.2, 0.25) is 0 Å². The number of nitrogens with two attached hydrogens (primary N) is 1. The van der Waals surface area contributed by atoms with Crippen LogP contribution in [0.1, 0.15) is 32.1 Å². The molecule has 0 bridgehead atoms. The Kier molecular flexibility index (Phi) is 4.18. The molecule has 0 aliphatic heterocycles. The highest BCUT2D eigenvalue weighted by Crippen LogP contribution is 2.31. The van der Waals surface area contributed by atoms with Crippen LogP contribution in [0, 0.1) is 11.8 Å². The Morgan fingerprint density at radius 3 is 2.75 bits per heavy atom. The maximum absolute atomic E-state index is 11.4. The molecule has 0 heterocycles. The molecule has 1 amide bonds. The van der Waals surface area contributed by atoms with Gasteiger partial charge in [0.25, 0.3) is 0 Å². The van der Waals surface area contributed by atoms with Gasteiger partial charge in [-0.25, -0.2) is 0 Å². The van der Waals surface area contributed by atoms with Gasteiger partial charge < -0.3 is 15.8 Å². The van der Waals surface area contributed by atoms with Gasteiger partial charge in [0.05, 0.1) is 6.61 Å². The van der Waals surface area contributed by atoms with Crippen molar-refractivity contribution in [3.05, 3.63) is 0 Å². The van der Waals surface area contributed by atoms with E-state index in [0.717, 1.165) is 12.5 Å². The lowest BCUT2D eigenvalue weighted by atomic mass is 10.2. The lowest BCUT2D eigenvalue weighted by Crippen LogP contribution is -2.38. The lowest BCUT2D eigenvalue weighted by Gasteiger charge is -2.11. The fourth-order valence-corrected chi connectivity index (χ4v) is 1.71. The summed E-state index contributed by atoms with van der Waals surface area (Å²) in [5, 5.41) is 2.86. The normalized spacial score (nSPS) is 21.8. The van der Waals surface area contributed by atoms with E-state index in [4.69, 9.17) is 10.5 Å². The zero-order valence-corrected chi connectivity index (χ0v) is 9.78. The van der Waals surface area contributed by atoms with Crippen molar-refractivity contribution in [3.8, 4) is 0 Å². The van der Waals surface area contributed by atoms with E-state index in [9.17, 15) is 4.79 Å². The molecule has 16 heavy (non-hydrogen) atoms. The van der Waals surface area contributed by atoms with Crippen LogP contribution in [0.15, 0.2) is 0 Å². The highest BCUT2D eigenvalue weighted by atomic mass is 16.5. The first-order valence-electron chi connectivity index (χ1n) is 6.35. The number of rotatable bonds is 8. The number of hydrogen-bond donors (Lipinski definition) is 2. The third-order valence-corrected chi connectivity index (χ3v) is 3.29. The molecule has 1 atom stereocenters. The van der Waals surface area contributed by atoms with Crippen molar-refractivity contribution in [2.24, 2.45) is 17.6 Å². The Labute approximate surface area is 96.9 Å². The number of ether oxygens (including phenoxy) is 1. The minimum absolute atomic E-state index is 0.0619. The van der Waals surface area contributed by atoms with Crippen LogP contribution < -0.4 is 11.1 Å². The summed E-state index contributed by atoms with van der Waals surface area (Å²) in [6, 6.07) is 0.149. The molecule has 1 unspecified atom stereocenters.